The van der Waals surface area contributed by atoms with Crippen molar-refractivity contribution >= 4 is 29.0 Å². The van der Waals surface area contributed by atoms with E-state index in [-0.39, 0.29) is 11.1 Å². The second kappa shape index (κ2) is 7.06. The van der Waals surface area contributed by atoms with Crippen molar-refractivity contribution < 1.29 is 14.3 Å². The van der Waals surface area contributed by atoms with Crippen molar-refractivity contribution in [3.63, 3.8) is 0 Å². The number of imide groups is 1. The molecule has 6 nitrogen and oxygen atoms in total. The number of nitrogens with one attached hydrogen (secondary N) is 1. The third-order valence-corrected chi connectivity index (χ3v) is 4.56. The van der Waals surface area contributed by atoms with E-state index < -0.39 is 0 Å². The number of hydrogen-bond donors (Lipinski definition) is 1. The van der Waals surface area contributed by atoms with Crippen LogP contribution in [0.4, 0.5) is 4.79 Å². The molecule has 1 aliphatic rings. The maximum absolute atomic E-state index is 11.6. The lowest BCUT2D eigenvalue weighted by Gasteiger charge is -2.10. The molecular formula is C18H17N3O3S. The molecule has 1 aliphatic heterocycles. The van der Waals surface area contributed by atoms with E-state index in [4.69, 9.17) is 4.74 Å². The molecule has 0 radical (unpaired) electrons. The minimum Gasteiger partial charge on any atom is -0.487 e. The summed E-state index contributed by atoms with van der Waals surface area (Å²) in [5.41, 5.74) is 4.23. The highest BCUT2D eigenvalue weighted by atomic mass is 32.2. The summed E-state index contributed by atoms with van der Waals surface area (Å²) in [6, 6.07) is 7.32. The van der Waals surface area contributed by atoms with Gasteiger partial charge in [0, 0.05) is 0 Å². The Kier molecular flexibility index (Phi) is 4.85. The largest absolute Gasteiger partial charge is 0.487 e. The number of hydrogen-bond acceptors (Lipinski definition) is 6. The first-order valence-corrected chi connectivity index (χ1v) is 8.52. The summed E-state index contributed by atoms with van der Waals surface area (Å²) in [7, 11) is 0. The lowest BCUT2D eigenvalue weighted by atomic mass is 10.2. The highest BCUT2D eigenvalue weighted by Crippen LogP contribution is 2.26. The van der Waals surface area contributed by atoms with Gasteiger partial charge in [0.25, 0.3) is 11.1 Å². The monoisotopic (exact) mass is 355 g/mol. The van der Waals surface area contributed by atoms with E-state index in [1.54, 1.807) is 6.08 Å². The van der Waals surface area contributed by atoms with Crippen molar-refractivity contribution in [2.75, 3.05) is 0 Å². The van der Waals surface area contributed by atoms with Gasteiger partial charge in [-0.25, -0.2) is 0 Å². The van der Waals surface area contributed by atoms with Crippen LogP contribution in [0.2, 0.25) is 0 Å². The van der Waals surface area contributed by atoms with Gasteiger partial charge in [0.05, 0.1) is 27.7 Å². The zero-order valence-corrected chi connectivity index (χ0v) is 14.9. The molecule has 25 heavy (non-hydrogen) atoms. The number of nitrogens with zero attached hydrogens (tertiary/aromatic N) is 2. The van der Waals surface area contributed by atoms with Gasteiger partial charge in [-0.05, 0) is 56.3 Å². The van der Waals surface area contributed by atoms with Gasteiger partial charge in [-0.15, -0.1) is 0 Å². The van der Waals surface area contributed by atoms with Crippen molar-refractivity contribution in [3.05, 3.63) is 57.5 Å². The molecule has 0 spiro atoms. The van der Waals surface area contributed by atoms with Crippen LogP contribution in [0.1, 0.15) is 28.3 Å². The molecule has 0 aliphatic carbocycles. The maximum atomic E-state index is 11.6. The second-order valence-electron chi connectivity index (χ2n) is 5.64. The highest BCUT2D eigenvalue weighted by Gasteiger charge is 2.24. The molecule has 1 aromatic carbocycles. The molecule has 0 unspecified atom stereocenters. The molecule has 1 aromatic heterocycles. The van der Waals surface area contributed by atoms with Gasteiger partial charge in [-0.1, -0.05) is 12.1 Å². The topological polar surface area (TPSA) is 81.2 Å². The smallest absolute Gasteiger partial charge is 0.290 e. The van der Waals surface area contributed by atoms with Crippen LogP contribution >= 0.6 is 11.8 Å². The SMILES string of the molecule is Cc1nc(C)c(COc2cccc(/C=C3\SC(=O)NC3=O)c2)nc1C. The van der Waals surface area contributed by atoms with E-state index in [1.807, 2.05) is 45.0 Å². The lowest BCUT2D eigenvalue weighted by molar-refractivity contribution is -0.115. The Morgan fingerprint density at radius 2 is 1.88 bits per heavy atom. The molecule has 3 rings (SSSR count). The van der Waals surface area contributed by atoms with Gasteiger partial charge in [-0.3, -0.25) is 24.9 Å². The fourth-order valence-corrected chi connectivity index (χ4v) is 3.00. The average Bonchev–Trinajstić information content (AvgIpc) is 2.87. The normalized spacial score (nSPS) is 15.6. The number of aromatic nitrogens is 2. The molecule has 2 amide bonds. The van der Waals surface area contributed by atoms with Gasteiger partial charge in [-0.2, -0.15) is 0 Å². The van der Waals surface area contributed by atoms with E-state index in [0.29, 0.717) is 17.3 Å². The summed E-state index contributed by atoms with van der Waals surface area (Å²) in [5, 5.41) is 1.88. The van der Waals surface area contributed by atoms with Crippen LogP contribution in [-0.2, 0) is 11.4 Å². The first-order chi connectivity index (χ1) is 11.9. The van der Waals surface area contributed by atoms with Gasteiger partial charge in [0.2, 0.25) is 0 Å². The molecule has 0 bridgehead atoms. The molecule has 1 N–H and O–H groups in total. The van der Waals surface area contributed by atoms with E-state index >= 15 is 0 Å². The number of carbonyl (C=O) groups excluding carboxylic acids is 2. The van der Waals surface area contributed by atoms with E-state index in [1.165, 1.54) is 0 Å². The van der Waals surface area contributed by atoms with Crippen molar-refractivity contribution in [3.8, 4) is 5.75 Å². The molecule has 0 atom stereocenters. The zero-order chi connectivity index (χ0) is 18.0. The fraction of sp³-hybridized carbons (Fsp3) is 0.222. The van der Waals surface area contributed by atoms with Crippen molar-refractivity contribution in [2.45, 2.75) is 27.4 Å². The molecule has 1 saturated heterocycles. The van der Waals surface area contributed by atoms with Crippen LogP contribution in [0.3, 0.4) is 0 Å². The predicted molar refractivity (Wildman–Crippen MR) is 96.1 cm³/mol. The maximum Gasteiger partial charge on any atom is 0.290 e. The Morgan fingerprint density at radius 3 is 2.60 bits per heavy atom. The van der Waals surface area contributed by atoms with Crippen LogP contribution < -0.4 is 10.1 Å². The minimum atomic E-state index is -0.373. The zero-order valence-electron chi connectivity index (χ0n) is 14.1. The number of ether oxygens (including phenoxy) is 1. The highest BCUT2D eigenvalue weighted by molar-refractivity contribution is 8.18. The van der Waals surface area contributed by atoms with Crippen molar-refractivity contribution in [1.82, 2.24) is 15.3 Å². The van der Waals surface area contributed by atoms with E-state index in [0.717, 1.165) is 40.1 Å². The Hall–Kier alpha value is -2.67. The summed E-state index contributed by atoms with van der Waals surface area (Å²) in [5.74, 6) is 0.283. The van der Waals surface area contributed by atoms with Gasteiger partial charge in [0.15, 0.2) is 0 Å². The summed E-state index contributed by atoms with van der Waals surface area (Å²) >= 11 is 0.892. The number of thioether (sulfide) groups is 1. The summed E-state index contributed by atoms with van der Waals surface area (Å²) in [6.07, 6.45) is 1.67. The third kappa shape index (κ3) is 4.06. The third-order valence-electron chi connectivity index (χ3n) is 3.75. The fourth-order valence-electron chi connectivity index (χ4n) is 2.32. The van der Waals surface area contributed by atoms with Crippen LogP contribution in [-0.4, -0.2) is 21.1 Å². The number of rotatable bonds is 4. The van der Waals surface area contributed by atoms with Gasteiger partial charge in [0.1, 0.15) is 12.4 Å². The van der Waals surface area contributed by atoms with E-state index in [2.05, 4.69) is 15.3 Å². The van der Waals surface area contributed by atoms with Crippen LogP contribution in [0.5, 0.6) is 5.75 Å². The van der Waals surface area contributed by atoms with Gasteiger partial charge < -0.3 is 4.74 Å². The molecule has 7 heteroatoms. The standard InChI is InChI=1S/C18H17N3O3S/c1-10-11(2)20-15(12(3)19-10)9-24-14-6-4-5-13(7-14)8-16-17(22)21-18(23)25-16/h4-8H,9H2,1-3H3,(H,21,22,23)/b16-8-. The van der Waals surface area contributed by atoms with Crippen LogP contribution in [0, 0.1) is 20.8 Å². The Morgan fingerprint density at radius 1 is 1.12 bits per heavy atom. The van der Waals surface area contributed by atoms with E-state index in [9.17, 15) is 9.59 Å². The predicted octanol–water partition coefficient (Wildman–Crippen LogP) is 3.30. The van der Waals surface area contributed by atoms with Crippen LogP contribution in [0.15, 0.2) is 29.2 Å². The number of aryl methyl sites for hydroxylation is 3. The molecule has 128 valence electrons. The second-order valence-corrected chi connectivity index (χ2v) is 6.65. The Labute approximate surface area is 149 Å². The quantitative estimate of drug-likeness (QED) is 0.848. The van der Waals surface area contributed by atoms with Crippen molar-refractivity contribution in [2.24, 2.45) is 0 Å². The molecule has 2 heterocycles. The molecule has 0 saturated carbocycles. The van der Waals surface area contributed by atoms with Crippen molar-refractivity contribution in [1.29, 1.82) is 0 Å². The number of amides is 2. The summed E-state index contributed by atoms with van der Waals surface area (Å²) in [4.78, 5) is 32.2. The number of benzene rings is 1. The Bertz CT molecular complexity index is 893. The molecule has 2 aromatic rings. The minimum absolute atomic E-state index is 0.313. The lowest BCUT2D eigenvalue weighted by Crippen LogP contribution is -2.17. The Balaban J connectivity index is 1.74. The first-order valence-electron chi connectivity index (χ1n) is 7.71. The average molecular weight is 355 g/mol. The summed E-state index contributed by atoms with van der Waals surface area (Å²) in [6.45, 7) is 6.07. The first kappa shape index (κ1) is 17.2. The number of carbonyl (C=O) groups is 2. The molecule has 1 fully saturated rings. The van der Waals surface area contributed by atoms with Gasteiger partial charge >= 0.3 is 0 Å². The van der Waals surface area contributed by atoms with Crippen LogP contribution in [0.25, 0.3) is 6.08 Å². The summed E-state index contributed by atoms with van der Waals surface area (Å²) < 4.78 is 5.81. The molecular weight excluding hydrogens is 338 g/mol.